The van der Waals surface area contributed by atoms with Gasteiger partial charge in [-0.25, -0.2) is 13.1 Å². The molecule has 5 nitrogen and oxygen atoms in total. The number of hydrogen-bond donors (Lipinski definition) is 1. The zero-order valence-electron chi connectivity index (χ0n) is 12.1. The van der Waals surface area contributed by atoms with Crippen LogP contribution in [0.25, 0.3) is 0 Å². The van der Waals surface area contributed by atoms with Crippen molar-refractivity contribution in [2.24, 2.45) is 17.8 Å². The van der Waals surface area contributed by atoms with Gasteiger partial charge >= 0.3 is 0 Å². The normalized spacial score (nSPS) is 30.8. The van der Waals surface area contributed by atoms with Crippen molar-refractivity contribution in [3.63, 3.8) is 0 Å². The molecule has 0 spiro atoms. The van der Waals surface area contributed by atoms with E-state index in [0.717, 1.165) is 11.8 Å². The van der Waals surface area contributed by atoms with E-state index in [1.54, 1.807) is 10.9 Å². The molecule has 20 heavy (non-hydrogen) atoms. The lowest BCUT2D eigenvalue weighted by Crippen LogP contribution is -2.39. The summed E-state index contributed by atoms with van der Waals surface area (Å²) in [5, 5.41) is 4.04. The first kappa shape index (κ1) is 14.1. The summed E-state index contributed by atoms with van der Waals surface area (Å²) in [5.41, 5.74) is 0. The number of nitrogens with zero attached hydrogens (tertiary/aromatic N) is 2. The standard InChI is InChI=1S/C14H23N3O2S/c1-3-17-9-13(8-15-17)20(18,19)16-10(2)14-7-11-4-5-12(14)6-11/h8-12,14,16H,3-7H2,1-2H3/t10-,11+,12+,14-/m0/s1. The second-order valence-corrected chi connectivity index (χ2v) is 7.99. The summed E-state index contributed by atoms with van der Waals surface area (Å²) in [6.07, 6.45) is 8.11. The smallest absolute Gasteiger partial charge is 0.243 e. The van der Waals surface area contributed by atoms with Crippen LogP contribution in [-0.2, 0) is 16.6 Å². The molecule has 0 radical (unpaired) electrons. The van der Waals surface area contributed by atoms with Crippen LogP contribution in [0.4, 0.5) is 0 Å². The minimum Gasteiger partial charge on any atom is -0.272 e. The van der Waals surface area contributed by atoms with Crippen LogP contribution in [-0.4, -0.2) is 24.2 Å². The SMILES string of the molecule is CCn1cc(S(=O)(=O)N[C@@H](C)[C@@H]2C[C@@H]3CC[C@@H]2C3)cn1. The molecular weight excluding hydrogens is 274 g/mol. The molecule has 4 atom stereocenters. The van der Waals surface area contributed by atoms with E-state index in [9.17, 15) is 8.42 Å². The maximum Gasteiger partial charge on any atom is 0.243 e. The van der Waals surface area contributed by atoms with Gasteiger partial charge in [-0.1, -0.05) is 6.42 Å². The summed E-state index contributed by atoms with van der Waals surface area (Å²) in [6, 6.07) is 0.0141. The van der Waals surface area contributed by atoms with E-state index in [1.165, 1.54) is 31.9 Å². The van der Waals surface area contributed by atoms with E-state index in [4.69, 9.17) is 0 Å². The largest absolute Gasteiger partial charge is 0.272 e. The fourth-order valence-corrected chi connectivity index (χ4v) is 5.21. The first-order valence-corrected chi connectivity index (χ1v) is 9.02. The molecule has 0 aliphatic heterocycles. The quantitative estimate of drug-likeness (QED) is 0.904. The summed E-state index contributed by atoms with van der Waals surface area (Å²) >= 11 is 0. The zero-order valence-corrected chi connectivity index (χ0v) is 12.9. The summed E-state index contributed by atoms with van der Waals surface area (Å²) in [5.74, 6) is 2.06. The van der Waals surface area contributed by atoms with Gasteiger partial charge in [0.05, 0.1) is 6.20 Å². The molecule has 2 aliphatic carbocycles. The van der Waals surface area contributed by atoms with Crippen molar-refractivity contribution in [2.45, 2.75) is 57.0 Å². The predicted molar refractivity (Wildman–Crippen MR) is 76.6 cm³/mol. The van der Waals surface area contributed by atoms with Crippen LogP contribution < -0.4 is 4.72 Å². The molecule has 0 unspecified atom stereocenters. The molecule has 6 heteroatoms. The summed E-state index contributed by atoms with van der Waals surface area (Å²) in [7, 11) is -3.44. The highest BCUT2D eigenvalue weighted by molar-refractivity contribution is 7.89. The van der Waals surface area contributed by atoms with E-state index in [0.29, 0.717) is 12.5 Å². The third-order valence-electron chi connectivity index (χ3n) is 5.02. The average molecular weight is 297 g/mol. The Balaban J connectivity index is 1.69. The Bertz CT molecular complexity index is 581. The lowest BCUT2D eigenvalue weighted by Gasteiger charge is -2.28. The lowest BCUT2D eigenvalue weighted by molar-refractivity contribution is 0.280. The van der Waals surface area contributed by atoms with Crippen molar-refractivity contribution in [3.8, 4) is 0 Å². The maximum absolute atomic E-state index is 12.4. The molecule has 1 aromatic heterocycles. The van der Waals surface area contributed by atoms with Crippen molar-refractivity contribution < 1.29 is 8.42 Å². The Morgan fingerprint density at radius 1 is 1.45 bits per heavy atom. The number of rotatable bonds is 5. The molecule has 3 rings (SSSR count). The number of aryl methyl sites for hydroxylation is 1. The molecule has 0 aromatic carbocycles. The highest BCUT2D eigenvalue weighted by Crippen LogP contribution is 2.49. The van der Waals surface area contributed by atoms with Gasteiger partial charge in [0.25, 0.3) is 0 Å². The molecule has 2 bridgehead atoms. The van der Waals surface area contributed by atoms with Gasteiger partial charge in [0.1, 0.15) is 4.90 Å². The molecular formula is C14H23N3O2S. The molecule has 2 saturated carbocycles. The molecule has 1 N–H and O–H groups in total. The topological polar surface area (TPSA) is 64.0 Å². The van der Waals surface area contributed by atoms with Crippen LogP contribution >= 0.6 is 0 Å². The van der Waals surface area contributed by atoms with E-state index in [1.807, 2.05) is 13.8 Å². The van der Waals surface area contributed by atoms with Gasteiger partial charge in [0, 0.05) is 18.8 Å². The van der Waals surface area contributed by atoms with Crippen molar-refractivity contribution in [3.05, 3.63) is 12.4 Å². The number of nitrogens with one attached hydrogen (secondary N) is 1. The van der Waals surface area contributed by atoms with Gasteiger partial charge in [0.15, 0.2) is 0 Å². The van der Waals surface area contributed by atoms with Gasteiger partial charge in [-0.2, -0.15) is 5.10 Å². The lowest BCUT2D eigenvalue weighted by atomic mass is 9.84. The summed E-state index contributed by atoms with van der Waals surface area (Å²) in [4.78, 5) is 0.273. The Labute approximate surface area is 120 Å². The van der Waals surface area contributed by atoms with Crippen LogP contribution in [0.15, 0.2) is 17.3 Å². The highest BCUT2D eigenvalue weighted by atomic mass is 32.2. The molecule has 0 saturated heterocycles. The molecule has 2 fully saturated rings. The predicted octanol–water partition coefficient (Wildman–Crippen LogP) is 2.01. The Morgan fingerprint density at radius 3 is 2.80 bits per heavy atom. The highest BCUT2D eigenvalue weighted by Gasteiger charge is 2.42. The molecule has 112 valence electrons. The third kappa shape index (κ3) is 2.51. The van der Waals surface area contributed by atoms with Gasteiger partial charge in [-0.3, -0.25) is 4.68 Å². The van der Waals surface area contributed by atoms with Gasteiger partial charge in [-0.15, -0.1) is 0 Å². The molecule has 2 aliphatic rings. The van der Waals surface area contributed by atoms with E-state index in [-0.39, 0.29) is 10.9 Å². The Kier molecular flexibility index (Phi) is 3.62. The fraction of sp³-hybridized carbons (Fsp3) is 0.786. The van der Waals surface area contributed by atoms with Crippen LogP contribution in [0.1, 0.15) is 39.5 Å². The molecule has 1 heterocycles. The zero-order chi connectivity index (χ0) is 14.3. The van der Waals surface area contributed by atoms with Crippen molar-refractivity contribution in [2.75, 3.05) is 0 Å². The number of fused-ring (bicyclic) bond motifs is 2. The monoisotopic (exact) mass is 297 g/mol. The third-order valence-corrected chi connectivity index (χ3v) is 6.53. The van der Waals surface area contributed by atoms with Crippen molar-refractivity contribution >= 4 is 10.0 Å². The van der Waals surface area contributed by atoms with E-state index >= 15 is 0 Å². The number of sulfonamides is 1. The maximum atomic E-state index is 12.4. The van der Waals surface area contributed by atoms with E-state index < -0.39 is 10.0 Å². The summed E-state index contributed by atoms with van der Waals surface area (Å²) < 4.78 is 29.2. The van der Waals surface area contributed by atoms with E-state index in [2.05, 4.69) is 9.82 Å². The minimum absolute atomic E-state index is 0.0141. The number of hydrogen-bond acceptors (Lipinski definition) is 3. The van der Waals surface area contributed by atoms with Crippen molar-refractivity contribution in [1.82, 2.24) is 14.5 Å². The fourth-order valence-electron chi connectivity index (χ4n) is 3.96. The second kappa shape index (κ2) is 5.15. The van der Waals surface area contributed by atoms with Crippen LogP contribution in [0.2, 0.25) is 0 Å². The number of aromatic nitrogens is 2. The van der Waals surface area contributed by atoms with Gasteiger partial charge < -0.3 is 0 Å². The van der Waals surface area contributed by atoms with Gasteiger partial charge in [-0.05, 0) is 50.9 Å². The van der Waals surface area contributed by atoms with Crippen LogP contribution in [0.5, 0.6) is 0 Å². The van der Waals surface area contributed by atoms with Crippen LogP contribution in [0, 0.1) is 17.8 Å². The minimum atomic E-state index is -3.44. The first-order valence-electron chi connectivity index (χ1n) is 7.54. The van der Waals surface area contributed by atoms with Crippen molar-refractivity contribution in [1.29, 1.82) is 0 Å². The Hall–Kier alpha value is -0.880. The van der Waals surface area contributed by atoms with Gasteiger partial charge in [0.2, 0.25) is 10.0 Å². The Morgan fingerprint density at radius 2 is 2.25 bits per heavy atom. The molecule has 1 aromatic rings. The second-order valence-electron chi connectivity index (χ2n) is 6.28. The summed E-state index contributed by atoms with van der Waals surface area (Å²) in [6.45, 7) is 4.62. The average Bonchev–Trinajstić information content (AvgIpc) is 3.13. The van der Waals surface area contributed by atoms with Crippen LogP contribution in [0.3, 0.4) is 0 Å². The first-order chi connectivity index (χ1) is 9.49. The molecule has 0 amide bonds.